The molecule has 0 spiro atoms. The van der Waals surface area contributed by atoms with Crippen LogP contribution in [0.15, 0.2) is 0 Å². The van der Waals surface area contributed by atoms with Crippen LogP contribution in [0, 0.1) is 0 Å². The van der Waals surface area contributed by atoms with Crippen LogP contribution in [-0.2, 0) is 3.79 Å². The molecule has 0 saturated carbocycles. The molecule has 0 amide bonds. The van der Waals surface area contributed by atoms with Crippen LogP contribution in [-0.4, -0.2) is 21.1 Å². The summed E-state index contributed by atoms with van der Waals surface area (Å²) in [5.41, 5.74) is 0. The van der Waals surface area contributed by atoms with Crippen molar-refractivity contribution >= 4 is 14.5 Å². The minimum Gasteiger partial charge on any atom is -0.501 e. The predicted molar refractivity (Wildman–Crippen MR) is 112 cm³/mol. The third-order valence-corrected chi connectivity index (χ3v) is 7.92. The standard InChI is InChI=1S/2C8H17.C6H13O.Al/c2*1-3-5-7-8-6-4-2;1-2-3-4-5-6-7;/h2*1,3-8H2,2H3;2-6H2,1H3;/q;;-1;+1. The van der Waals surface area contributed by atoms with Crippen molar-refractivity contribution in [3.63, 3.8) is 0 Å². The van der Waals surface area contributed by atoms with Crippen molar-refractivity contribution in [3.05, 3.63) is 0 Å². The van der Waals surface area contributed by atoms with Gasteiger partial charge < -0.3 is 3.79 Å². The highest BCUT2D eigenvalue weighted by Gasteiger charge is 2.19. The van der Waals surface area contributed by atoms with E-state index in [2.05, 4.69) is 20.8 Å². The Kier molecular flexibility index (Phi) is 22.0. The summed E-state index contributed by atoms with van der Waals surface area (Å²) in [6, 6.07) is 0. The van der Waals surface area contributed by atoms with E-state index in [-0.39, 0.29) is 0 Å². The van der Waals surface area contributed by atoms with Gasteiger partial charge in [0, 0.05) is 6.61 Å². The Bertz CT molecular complexity index is 204. The van der Waals surface area contributed by atoms with E-state index in [1.807, 2.05) is 0 Å². The van der Waals surface area contributed by atoms with E-state index in [9.17, 15) is 0 Å². The first-order valence-electron chi connectivity index (χ1n) is 11.5. The predicted octanol–water partition coefficient (Wildman–Crippen LogP) is 8.30. The number of hydrogen-bond donors (Lipinski definition) is 0. The molecule has 0 rings (SSSR count). The maximum atomic E-state index is 6.38. The van der Waals surface area contributed by atoms with E-state index in [4.69, 9.17) is 3.79 Å². The third-order valence-electron chi connectivity index (χ3n) is 5.11. The van der Waals surface area contributed by atoms with Crippen LogP contribution in [0.2, 0.25) is 10.6 Å². The zero-order valence-corrected chi connectivity index (χ0v) is 18.6. The molecule has 0 unspecified atom stereocenters. The van der Waals surface area contributed by atoms with Gasteiger partial charge in [0.1, 0.15) is 0 Å². The first kappa shape index (κ1) is 24.5. The van der Waals surface area contributed by atoms with E-state index in [1.54, 1.807) is 0 Å². The SMILES string of the molecule is CCCCCCC[CH2][Al]([CH2]CCCCCCC)[O]CCCCCC. The fraction of sp³-hybridized carbons (Fsp3) is 1.00. The molecule has 0 bridgehead atoms. The van der Waals surface area contributed by atoms with Crippen molar-refractivity contribution in [3.8, 4) is 0 Å². The molecule has 0 aliphatic rings. The Morgan fingerprint density at radius 2 is 0.833 bits per heavy atom. The molecule has 0 aromatic heterocycles. The summed E-state index contributed by atoms with van der Waals surface area (Å²) in [6.07, 6.45) is 22.5. The Hall–Kier alpha value is 0.492. The molecule has 0 radical (unpaired) electrons. The molecule has 0 atom stereocenters. The summed E-state index contributed by atoms with van der Waals surface area (Å²) in [5, 5.41) is 2.88. The topological polar surface area (TPSA) is 9.23 Å². The van der Waals surface area contributed by atoms with Crippen molar-refractivity contribution in [1.82, 2.24) is 0 Å². The van der Waals surface area contributed by atoms with Gasteiger partial charge >= 0.3 is 14.5 Å². The van der Waals surface area contributed by atoms with E-state index in [0.717, 1.165) is 6.61 Å². The highest BCUT2D eigenvalue weighted by atomic mass is 27.2. The van der Waals surface area contributed by atoms with Crippen LogP contribution in [0.25, 0.3) is 0 Å². The van der Waals surface area contributed by atoms with Gasteiger partial charge in [0.15, 0.2) is 0 Å². The second-order valence-corrected chi connectivity index (χ2v) is 10.4. The van der Waals surface area contributed by atoms with Crippen LogP contribution in [0.3, 0.4) is 0 Å². The molecule has 0 aromatic rings. The molecule has 0 aromatic carbocycles. The fourth-order valence-electron chi connectivity index (χ4n) is 3.39. The zero-order chi connectivity index (χ0) is 17.7. The van der Waals surface area contributed by atoms with Crippen molar-refractivity contribution in [2.45, 2.75) is 134 Å². The molecular formula is C22H47AlO. The molecule has 0 fully saturated rings. The zero-order valence-electron chi connectivity index (χ0n) is 17.4. The monoisotopic (exact) mass is 354 g/mol. The van der Waals surface area contributed by atoms with Crippen LogP contribution < -0.4 is 0 Å². The lowest BCUT2D eigenvalue weighted by Crippen LogP contribution is -2.18. The van der Waals surface area contributed by atoms with Crippen molar-refractivity contribution in [2.75, 3.05) is 6.61 Å². The van der Waals surface area contributed by atoms with E-state index in [1.165, 1.54) is 113 Å². The Morgan fingerprint density at radius 3 is 1.29 bits per heavy atom. The average molecular weight is 355 g/mol. The van der Waals surface area contributed by atoms with Gasteiger partial charge in [0.2, 0.25) is 0 Å². The summed E-state index contributed by atoms with van der Waals surface area (Å²) < 4.78 is 6.38. The Morgan fingerprint density at radius 1 is 0.458 bits per heavy atom. The second kappa shape index (κ2) is 21.5. The van der Waals surface area contributed by atoms with Crippen LogP contribution >= 0.6 is 0 Å². The Balaban J connectivity index is 3.74. The molecule has 0 N–H and O–H groups in total. The van der Waals surface area contributed by atoms with Crippen molar-refractivity contribution in [2.24, 2.45) is 0 Å². The van der Waals surface area contributed by atoms with Crippen LogP contribution in [0.4, 0.5) is 0 Å². The quantitative estimate of drug-likeness (QED) is 0.158. The number of unbranched alkanes of at least 4 members (excludes halogenated alkanes) is 13. The van der Waals surface area contributed by atoms with Gasteiger partial charge in [-0.2, -0.15) is 0 Å². The lowest BCUT2D eigenvalue weighted by atomic mass is 10.1. The third kappa shape index (κ3) is 18.8. The van der Waals surface area contributed by atoms with Crippen molar-refractivity contribution < 1.29 is 3.79 Å². The minimum absolute atomic E-state index is 0.903. The molecular weight excluding hydrogens is 307 g/mol. The largest absolute Gasteiger partial charge is 0.501 e. The van der Waals surface area contributed by atoms with E-state index < -0.39 is 14.5 Å². The molecule has 0 saturated heterocycles. The second-order valence-electron chi connectivity index (χ2n) is 7.67. The van der Waals surface area contributed by atoms with E-state index >= 15 is 0 Å². The van der Waals surface area contributed by atoms with Gasteiger partial charge in [-0.25, -0.2) is 0 Å². The molecule has 144 valence electrons. The summed E-state index contributed by atoms with van der Waals surface area (Å²) in [4.78, 5) is 0. The maximum absolute atomic E-state index is 6.38. The van der Waals surface area contributed by atoms with Gasteiger partial charge in [0.05, 0.1) is 0 Å². The summed E-state index contributed by atoms with van der Waals surface area (Å²) in [7, 11) is 0. The minimum atomic E-state index is -0.903. The molecule has 2 heteroatoms. The Labute approximate surface area is 159 Å². The first-order chi connectivity index (χ1) is 11.8. The smallest absolute Gasteiger partial charge is 0.460 e. The highest BCUT2D eigenvalue weighted by molar-refractivity contribution is 6.51. The lowest BCUT2D eigenvalue weighted by Gasteiger charge is -2.13. The molecule has 0 aliphatic carbocycles. The first-order valence-corrected chi connectivity index (χ1v) is 13.6. The van der Waals surface area contributed by atoms with Gasteiger partial charge in [0.25, 0.3) is 0 Å². The summed E-state index contributed by atoms with van der Waals surface area (Å²) in [6.45, 7) is 7.95. The van der Waals surface area contributed by atoms with Crippen LogP contribution in [0.5, 0.6) is 0 Å². The average Bonchev–Trinajstić information content (AvgIpc) is 2.60. The van der Waals surface area contributed by atoms with Gasteiger partial charge in [-0.1, -0.05) is 128 Å². The molecule has 0 heterocycles. The van der Waals surface area contributed by atoms with Crippen LogP contribution in [0.1, 0.15) is 124 Å². The molecule has 0 aliphatic heterocycles. The molecule has 1 nitrogen and oxygen atoms in total. The van der Waals surface area contributed by atoms with Gasteiger partial charge in [-0.15, -0.1) is 0 Å². The highest BCUT2D eigenvalue weighted by Crippen LogP contribution is 2.16. The maximum Gasteiger partial charge on any atom is 0.460 e. The van der Waals surface area contributed by atoms with E-state index in [0.29, 0.717) is 0 Å². The van der Waals surface area contributed by atoms with Gasteiger partial charge in [-0.05, 0) is 6.42 Å². The molecule has 24 heavy (non-hydrogen) atoms. The number of hydrogen-bond acceptors (Lipinski definition) is 1. The summed E-state index contributed by atoms with van der Waals surface area (Å²) >= 11 is -0.903. The summed E-state index contributed by atoms with van der Waals surface area (Å²) in [5.74, 6) is 0. The fourth-order valence-corrected chi connectivity index (χ4v) is 6.00. The lowest BCUT2D eigenvalue weighted by molar-refractivity contribution is 0.303. The normalized spacial score (nSPS) is 11.1. The van der Waals surface area contributed by atoms with Gasteiger partial charge in [-0.3, -0.25) is 0 Å². The number of rotatable bonds is 20. The van der Waals surface area contributed by atoms with Crippen molar-refractivity contribution in [1.29, 1.82) is 0 Å².